The number of nitrogens with one attached hydrogen (secondary N) is 2. The molecule has 1 atom stereocenters. The molecule has 0 bridgehead atoms. The molecule has 0 spiro atoms. The van der Waals surface area contributed by atoms with Crippen LogP contribution in [0.2, 0.25) is 10.0 Å². The SMILES string of the molecule is O=C(NCCc1ccco1)NCC1CN(Cc2ccc(Cl)c(Cl)c2)CCO1. The van der Waals surface area contributed by atoms with E-state index in [1.54, 1.807) is 6.26 Å². The lowest BCUT2D eigenvalue weighted by Gasteiger charge is -2.33. The van der Waals surface area contributed by atoms with Crippen LogP contribution in [0.1, 0.15) is 11.3 Å². The molecule has 6 nitrogen and oxygen atoms in total. The van der Waals surface area contributed by atoms with Crippen LogP contribution in [0.3, 0.4) is 0 Å². The van der Waals surface area contributed by atoms with Crippen LogP contribution < -0.4 is 10.6 Å². The minimum Gasteiger partial charge on any atom is -0.469 e. The maximum absolute atomic E-state index is 11.9. The molecule has 2 amide bonds. The van der Waals surface area contributed by atoms with Gasteiger partial charge in [0.1, 0.15) is 5.76 Å². The van der Waals surface area contributed by atoms with Gasteiger partial charge in [-0.25, -0.2) is 4.79 Å². The third kappa shape index (κ3) is 6.43. The Hall–Kier alpha value is -1.73. The van der Waals surface area contributed by atoms with Gasteiger partial charge >= 0.3 is 6.03 Å². The van der Waals surface area contributed by atoms with Gasteiger partial charge in [0.2, 0.25) is 0 Å². The molecule has 2 heterocycles. The largest absolute Gasteiger partial charge is 0.469 e. The highest BCUT2D eigenvalue weighted by Gasteiger charge is 2.21. The second-order valence-electron chi connectivity index (χ2n) is 6.44. The zero-order chi connectivity index (χ0) is 19.1. The summed E-state index contributed by atoms with van der Waals surface area (Å²) in [7, 11) is 0. The van der Waals surface area contributed by atoms with E-state index in [-0.39, 0.29) is 12.1 Å². The van der Waals surface area contributed by atoms with Crippen molar-refractivity contribution in [3.63, 3.8) is 0 Å². The number of rotatable bonds is 7. The number of urea groups is 1. The van der Waals surface area contributed by atoms with E-state index >= 15 is 0 Å². The number of halogens is 2. The molecule has 27 heavy (non-hydrogen) atoms. The molecule has 0 radical (unpaired) electrons. The summed E-state index contributed by atoms with van der Waals surface area (Å²) < 4.78 is 11.0. The fraction of sp³-hybridized carbons (Fsp3) is 0.421. The highest BCUT2D eigenvalue weighted by atomic mass is 35.5. The summed E-state index contributed by atoms with van der Waals surface area (Å²) in [5, 5.41) is 6.80. The highest BCUT2D eigenvalue weighted by molar-refractivity contribution is 6.42. The number of benzene rings is 1. The molecule has 0 saturated carbocycles. The Balaban J connectivity index is 1.37. The second-order valence-corrected chi connectivity index (χ2v) is 7.26. The number of carbonyl (C=O) groups is 1. The molecular formula is C19H23Cl2N3O3. The van der Waals surface area contributed by atoms with Crippen molar-refractivity contribution in [3.05, 3.63) is 58.0 Å². The third-order valence-electron chi connectivity index (χ3n) is 4.34. The van der Waals surface area contributed by atoms with E-state index in [1.165, 1.54) is 0 Å². The number of furan rings is 1. The third-order valence-corrected chi connectivity index (χ3v) is 5.08. The van der Waals surface area contributed by atoms with E-state index in [1.807, 2.05) is 30.3 Å². The zero-order valence-electron chi connectivity index (χ0n) is 14.9. The molecular weight excluding hydrogens is 389 g/mol. The fourth-order valence-electron chi connectivity index (χ4n) is 2.97. The first-order valence-electron chi connectivity index (χ1n) is 8.92. The van der Waals surface area contributed by atoms with Crippen molar-refractivity contribution in [1.29, 1.82) is 0 Å². The van der Waals surface area contributed by atoms with Crippen LogP contribution in [0.4, 0.5) is 4.79 Å². The Bertz CT molecular complexity index is 740. The minimum atomic E-state index is -0.202. The summed E-state index contributed by atoms with van der Waals surface area (Å²) in [6.07, 6.45) is 2.24. The van der Waals surface area contributed by atoms with Gasteiger partial charge in [0.15, 0.2) is 0 Å². The van der Waals surface area contributed by atoms with Gasteiger partial charge in [-0.05, 0) is 29.8 Å². The molecule has 8 heteroatoms. The van der Waals surface area contributed by atoms with Gasteiger partial charge in [0.25, 0.3) is 0 Å². The van der Waals surface area contributed by atoms with Crippen LogP contribution in [0.25, 0.3) is 0 Å². The predicted octanol–water partition coefficient (Wildman–Crippen LogP) is 3.33. The fourth-order valence-corrected chi connectivity index (χ4v) is 3.29. The van der Waals surface area contributed by atoms with Crippen molar-refractivity contribution in [3.8, 4) is 0 Å². The molecule has 1 unspecified atom stereocenters. The summed E-state index contributed by atoms with van der Waals surface area (Å²) in [6.45, 7) is 3.97. The van der Waals surface area contributed by atoms with Gasteiger partial charge in [-0.1, -0.05) is 29.3 Å². The molecule has 146 valence electrons. The molecule has 2 aromatic rings. The highest BCUT2D eigenvalue weighted by Crippen LogP contribution is 2.23. The lowest BCUT2D eigenvalue weighted by molar-refractivity contribution is -0.0287. The molecule has 0 aliphatic carbocycles. The van der Waals surface area contributed by atoms with Gasteiger partial charge in [0.05, 0.1) is 29.0 Å². The molecule has 2 N–H and O–H groups in total. The first-order chi connectivity index (χ1) is 13.1. The van der Waals surface area contributed by atoms with E-state index in [0.29, 0.717) is 36.2 Å². The van der Waals surface area contributed by atoms with Crippen LogP contribution >= 0.6 is 23.2 Å². The monoisotopic (exact) mass is 411 g/mol. The smallest absolute Gasteiger partial charge is 0.314 e. The van der Waals surface area contributed by atoms with Gasteiger partial charge in [-0.2, -0.15) is 0 Å². The van der Waals surface area contributed by atoms with Crippen molar-refractivity contribution < 1.29 is 13.9 Å². The molecule has 1 aliphatic rings. The Morgan fingerprint density at radius 3 is 2.89 bits per heavy atom. The van der Waals surface area contributed by atoms with Gasteiger partial charge in [-0.15, -0.1) is 0 Å². The quantitative estimate of drug-likeness (QED) is 0.732. The number of ether oxygens (including phenoxy) is 1. The standard InChI is InChI=1S/C19H23Cl2N3O3/c20-17-4-3-14(10-18(17)21)12-24-7-9-27-16(13-24)11-23-19(25)22-6-5-15-2-1-8-26-15/h1-4,8,10,16H,5-7,9,11-13H2,(H2,22,23,25). The maximum atomic E-state index is 11.9. The normalized spacial score (nSPS) is 17.6. The first kappa shape index (κ1) is 20.0. The summed E-state index contributed by atoms with van der Waals surface area (Å²) in [4.78, 5) is 14.2. The lowest BCUT2D eigenvalue weighted by Crippen LogP contribution is -2.48. The van der Waals surface area contributed by atoms with Crippen molar-refractivity contribution >= 4 is 29.2 Å². The summed E-state index contributed by atoms with van der Waals surface area (Å²) in [5.74, 6) is 0.851. The molecule has 3 rings (SSSR count). The van der Waals surface area contributed by atoms with E-state index in [4.69, 9.17) is 32.4 Å². The Morgan fingerprint density at radius 1 is 1.22 bits per heavy atom. The molecule has 1 aromatic carbocycles. The van der Waals surface area contributed by atoms with Crippen LogP contribution in [-0.4, -0.2) is 49.8 Å². The van der Waals surface area contributed by atoms with E-state index < -0.39 is 0 Å². The summed E-state index contributed by atoms with van der Waals surface area (Å²) in [6, 6.07) is 9.19. The number of morpholine rings is 1. The van der Waals surface area contributed by atoms with Crippen molar-refractivity contribution in [2.75, 3.05) is 32.8 Å². The van der Waals surface area contributed by atoms with Crippen LogP contribution in [0.15, 0.2) is 41.0 Å². The van der Waals surface area contributed by atoms with Gasteiger partial charge < -0.3 is 19.8 Å². The van der Waals surface area contributed by atoms with Crippen molar-refractivity contribution in [2.24, 2.45) is 0 Å². The van der Waals surface area contributed by atoms with Crippen LogP contribution in [0.5, 0.6) is 0 Å². The number of amides is 2. The number of nitrogens with zero attached hydrogens (tertiary/aromatic N) is 1. The maximum Gasteiger partial charge on any atom is 0.314 e. The predicted molar refractivity (Wildman–Crippen MR) is 105 cm³/mol. The van der Waals surface area contributed by atoms with E-state index in [2.05, 4.69) is 15.5 Å². The summed E-state index contributed by atoms with van der Waals surface area (Å²) >= 11 is 12.0. The summed E-state index contributed by atoms with van der Waals surface area (Å²) in [5.41, 5.74) is 1.11. The molecule has 1 aliphatic heterocycles. The molecule has 1 aromatic heterocycles. The average molecular weight is 412 g/mol. The average Bonchev–Trinajstić information content (AvgIpc) is 3.17. The number of hydrogen-bond donors (Lipinski definition) is 2. The molecule has 1 fully saturated rings. The Labute approximate surface area is 168 Å². The van der Waals surface area contributed by atoms with Gasteiger partial charge in [-0.3, -0.25) is 4.90 Å². The first-order valence-corrected chi connectivity index (χ1v) is 9.67. The van der Waals surface area contributed by atoms with Crippen LogP contribution in [0, 0.1) is 0 Å². The zero-order valence-corrected chi connectivity index (χ0v) is 16.4. The van der Waals surface area contributed by atoms with Crippen molar-refractivity contribution in [1.82, 2.24) is 15.5 Å². The topological polar surface area (TPSA) is 66.7 Å². The van der Waals surface area contributed by atoms with Crippen LogP contribution in [-0.2, 0) is 17.7 Å². The molecule has 1 saturated heterocycles. The Morgan fingerprint density at radius 2 is 2.11 bits per heavy atom. The second kappa shape index (κ2) is 9.99. The number of carbonyl (C=O) groups excluding carboxylic acids is 1. The lowest BCUT2D eigenvalue weighted by atomic mass is 10.2. The number of hydrogen-bond acceptors (Lipinski definition) is 4. The minimum absolute atomic E-state index is 0.0441. The van der Waals surface area contributed by atoms with E-state index in [0.717, 1.165) is 31.0 Å². The Kier molecular flexibility index (Phi) is 7.41. The van der Waals surface area contributed by atoms with Crippen molar-refractivity contribution in [2.45, 2.75) is 19.1 Å². The van der Waals surface area contributed by atoms with E-state index in [9.17, 15) is 4.79 Å². The van der Waals surface area contributed by atoms with Gasteiger partial charge in [0, 0.05) is 39.1 Å².